The summed E-state index contributed by atoms with van der Waals surface area (Å²) in [4.78, 5) is 8.71. The van der Waals surface area contributed by atoms with E-state index in [4.69, 9.17) is 10.5 Å². The lowest BCUT2D eigenvalue weighted by Gasteiger charge is -2.37. The Labute approximate surface area is 147 Å². The van der Waals surface area contributed by atoms with E-state index in [0.717, 1.165) is 31.9 Å². The molecule has 0 unspecified atom stereocenters. The number of anilines is 1. The van der Waals surface area contributed by atoms with Crippen molar-refractivity contribution in [3.63, 3.8) is 0 Å². The quantitative estimate of drug-likeness (QED) is 0.665. The van der Waals surface area contributed by atoms with Crippen LogP contribution in [-0.2, 0) is 4.74 Å². The van der Waals surface area contributed by atoms with Crippen molar-refractivity contribution in [2.45, 2.75) is 12.8 Å². The largest absolute Gasteiger partial charge is 0.381 e. The molecule has 2 fully saturated rings. The molecule has 0 saturated carbocycles. The monoisotopic (exact) mass is 352 g/mol. The number of hydrogen-bond donors (Lipinski definition) is 1. The van der Waals surface area contributed by atoms with Crippen molar-refractivity contribution in [2.24, 2.45) is 16.1 Å². The molecule has 2 heterocycles. The molecule has 2 saturated heterocycles. The third kappa shape index (κ3) is 4.39. The molecule has 2 N–H and O–H groups in total. The van der Waals surface area contributed by atoms with Crippen LogP contribution in [0.25, 0.3) is 0 Å². The van der Waals surface area contributed by atoms with Crippen LogP contribution in [0.4, 0.5) is 14.5 Å². The highest BCUT2D eigenvalue weighted by atomic mass is 19.1. The summed E-state index contributed by atoms with van der Waals surface area (Å²) in [7, 11) is 0. The molecule has 138 valence electrons. The molecule has 0 spiro atoms. The molecule has 5 nitrogen and oxygen atoms in total. The third-order valence-electron chi connectivity index (χ3n) is 5.21. The first-order valence-electron chi connectivity index (χ1n) is 8.81. The number of guanidine groups is 1. The van der Waals surface area contributed by atoms with Gasteiger partial charge in [0.15, 0.2) is 5.96 Å². The zero-order valence-electron chi connectivity index (χ0n) is 14.5. The molecule has 0 atom stereocenters. The number of alkyl halides is 1. The minimum absolute atomic E-state index is 0.228. The number of piperazine rings is 1. The van der Waals surface area contributed by atoms with E-state index in [-0.39, 0.29) is 12.5 Å². The maximum absolute atomic E-state index is 13.5. The van der Waals surface area contributed by atoms with Gasteiger partial charge in [0.25, 0.3) is 0 Å². The summed E-state index contributed by atoms with van der Waals surface area (Å²) in [6.45, 7) is 4.30. The van der Waals surface area contributed by atoms with Crippen molar-refractivity contribution in [2.75, 3.05) is 57.5 Å². The topological polar surface area (TPSA) is 54.1 Å². The fourth-order valence-electron chi connectivity index (χ4n) is 3.33. The molecule has 2 aliphatic rings. The van der Waals surface area contributed by atoms with Gasteiger partial charge in [-0.15, -0.1) is 0 Å². The van der Waals surface area contributed by atoms with Gasteiger partial charge in [-0.3, -0.25) is 9.38 Å². The van der Waals surface area contributed by atoms with Crippen LogP contribution in [0.1, 0.15) is 12.8 Å². The molecule has 0 aromatic heterocycles. The summed E-state index contributed by atoms with van der Waals surface area (Å²) in [6, 6.07) is 6.53. The number of halogens is 2. The number of aliphatic imine (C=N–C) groups is 1. The van der Waals surface area contributed by atoms with Crippen molar-refractivity contribution in [3.05, 3.63) is 30.1 Å². The number of ether oxygens (including phenoxy) is 1. The van der Waals surface area contributed by atoms with Gasteiger partial charge in [-0.1, -0.05) is 0 Å². The Balaban J connectivity index is 1.53. The first-order valence-corrected chi connectivity index (χ1v) is 8.81. The average molecular weight is 352 g/mol. The molecule has 25 heavy (non-hydrogen) atoms. The third-order valence-corrected chi connectivity index (χ3v) is 5.21. The first-order chi connectivity index (χ1) is 12.1. The van der Waals surface area contributed by atoms with Crippen LogP contribution in [0.3, 0.4) is 0 Å². The molecule has 0 amide bonds. The summed E-state index contributed by atoms with van der Waals surface area (Å²) in [6.07, 6.45) is 1.39. The van der Waals surface area contributed by atoms with Crippen LogP contribution in [0.15, 0.2) is 29.3 Å². The van der Waals surface area contributed by atoms with Crippen molar-refractivity contribution >= 4 is 11.6 Å². The molecular formula is C18H26F2N4O. The highest BCUT2D eigenvalue weighted by Gasteiger charge is 2.33. The lowest BCUT2D eigenvalue weighted by Crippen LogP contribution is -2.51. The number of hydrogen-bond acceptors (Lipinski definition) is 3. The predicted molar refractivity (Wildman–Crippen MR) is 95.1 cm³/mol. The van der Waals surface area contributed by atoms with E-state index < -0.39 is 5.41 Å². The molecule has 2 aliphatic heterocycles. The lowest BCUT2D eigenvalue weighted by atomic mass is 9.82. The van der Waals surface area contributed by atoms with Gasteiger partial charge in [0.2, 0.25) is 0 Å². The van der Waals surface area contributed by atoms with Crippen molar-refractivity contribution in [3.8, 4) is 0 Å². The summed E-state index contributed by atoms with van der Waals surface area (Å²) >= 11 is 0. The van der Waals surface area contributed by atoms with Gasteiger partial charge in [0.1, 0.15) is 5.82 Å². The smallest absolute Gasteiger partial charge is 0.191 e. The Morgan fingerprint density at radius 2 is 1.76 bits per heavy atom. The molecule has 3 rings (SSSR count). The van der Waals surface area contributed by atoms with Gasteiger partial charge in [0.05, 0.1) is 13.2 Å². The standard InChI is InChI=1S/C18H26F2N4O/c19-13-18(5-11-25-12-6-18)14-22-17(21)24-9-7-23(8-10-24)16-3-1-15(20)2-4-16/h1-4H,5-14H2,(H2,21,22). The lowest BCUT2D eigenvalue weighted by molar-refractivity contribution is 0.00683. The summed E-state index contributed by atoms with van der Waals surface area (Å²) in [5.41, 5.74) is 6.73. The Morgan fingerprint density at radius 3 is 2.36 bits per heavy atom. The van der Waals surface area contributed by atoms with E-state index in [9.17, 15) is 8.78 Å². The Morgan fingerprint density at radius 1 is 1.12 bits per heavy atom. The van der Waals surface area contributed by atoms with Crippen LogP contribution >= 0.6 is 0 Å². The molecule has 0 bridgehead atoms. The van der Waals surface area contributed by atoms with E-state index in [1.807, 2.05) is 4.90 Å². The van der Waals surface area contributed by atoms with E-state index >= 15 is 0 Å². The van der Waals surface area contributed by atoms with E-state index in [1.165, 1.54) is 12.1 Å². The Bertz CT molecular complexity index is 579. The number of rotatable bonds is 4. The molecule has 1 aromatic rings. The van der Waals surface area contributed by atoms with Gasteiger partial charge in [-0.2, -0.15) is 0 Å². The van der Waals surface area contributed by atoms with Crippen LogP contribution in [0, 0.1) is 11.2 Å². The number of nitrogens with two attached hydrogens (primary N) is 1. The molecular weight excluding hydrogens is 326 g/mol. The van der Waals surface area contributed by atoms with Crippen molar-refractivity contribution in [1.29, 1.82) is 0 Å². The minimum atomic E-state index is -0.418. The van der Waals surface area contributed by atoms with Gasteiger partial charge < -0.3 is 20.3 Å². The fraction of sp³-hybridized carbons (Fsp3) is 0.611. The normalized spacial score (nSPS) is 21.4. The highest BCUT2D eigenvalue weighted by molar-refractivity contribution is 5.78. The zero-order chi connectivity index (χ0) is 17.7. The van der Waals surface area contributed by atoms with E-state index in [2.05, 4.69) is 9.89 Å². The highest BCUT2D eigenvalue weighted by Crippen LogP contribution is 2.31. The SMILES string of the molecule is NC(=NCC1(CF)CCOCC1)N1CCN(c2ccc(F)cc2)CC1. The van der Waals surface area contributed by atoms with Crippen LogP contribution < -0.4 is 10.6 Å². The molecule has 1 aromatic carbocycles. The number of nitrogens with zero attached hydrogens (tertiary/aromatic N) is 3. The van der Waals surface area contributed by atoms with Crippen molar-refractivity contribution < 1.29 is 13.5 Å². The second kappa shape index (κ2) is 7.99. The summed E-state index contributed by atoms with van der Waals surface area (Å²) in [5.74, 6) is 0.256. The second-order valence-corrected chi connectivity index (χ2v) is 6.87. The average Bonchev–Trinajstić information content (AvgIpc) is 2.67. The van der Waals surface area contributed by atoms with Crippen LogP contribution in [-0.4, -0.2) is 63.5 Å². The molecule has 0 aliphatic carbocycles. The Hall–Kier alpha value is -1.89. The van der Waals surface area contributed by atoms with Gasteiger partial charge in [-0.25, -0.2) is 4.39 Å². The zero-order valence-corrected chi connectivity index (χ0v) is 14.5. The summed E-state index contributed by atoms with van der Waals surface area (Å²) in [5, 5.41) is 0. The molecule has 0 radical (unpaired) electrons. The van der Waals surface area contributed by atoms with Crippen molar-refractivity contribution in [1.82, 2.24) is 4.90 Å². The van der Waals surface area contributed by atoms with Crippen LogP contribution in [0.5, 0.6) is 0 Å². The summed E-state index contributed by atoms with van der Waals surface area (Å²) < 4.78 is 31.8. The van der Waals surface area contributed by atoms with E-state index in [1.54, 1.807) is 12.1 Å². The maximum Gasteiger partial charge on any atom is 0.191 e. The Kier molecular flexibility index (Phi) is 5.73. The van der Waals surface area contributed by atoms with Gasteiger partial charge in [-0.05, 0) is 37.1 Å². The van der Waals surface area contributed by atoms with E-state index in [0.29, 0.717) is 38.6 Å². The number of benzene rings is 1. The van der Waals surface area contributed by atoms with Gasteiger partial charge >= 0.3 is 0 Å². The molecule has 7 heteroatoms. The predicted octanol–water partition coefficient (Wildman–Crippen LogP) is 2.03. The van der Waals surface area contributed by atoms with Gasteiger partial charge in [0, 0.05) is 50.5 Å². The maximum atomic E-state index is 13.5. The second-order valence-electron chi connectivity index (χ2n) is 6.87. The first kappa shape index (κ1) is 17.9. The van der Waals surface area contributed by atoms with Crippen LogP contribution in [0.2, 0.25) is 0 Å². The fourth-order valence-corrected chi connectivity index (χ4v) is 3.33. The minimum Gasteiger partial charge on any atom is -0.381 e.